The zero-order chi connectivity index (χ0) is 20.4. The van der Waals surface area contributed by atoms with Crippen molar-refractivity contribution in [1.82, 2.24) is 10.2 Å². The first-order chi connectivity index (χ1) is 13.5. The van der Waals surface area contributed by atoms with Gasteiger partial charge in [-0.15, -0.1) is 0 Å². The van der Waals surface area contributed by atoms with Crippen molar-refractivity contribution >= 4 is 11.8 Å². The minimum absolute atomic E-state index is 0.0149. The van der Waals surface area contributed by atoms with Crippen molar-refractivity contribution in [1.29, 1.82) is 0 Å². The summed E-state index contributed by atoms with van der Waals surface area (Å²) in [7, 11) is 5.13. The molecule has 0 bridgehead atoms. The Kier molecular flexibility index (Phi) is 8.53. The van der Waals surface area contributed by atoms with Crippen molar-refractivity contribution in [3.63, 3.8) is 0 Å². The van der Waals surface area contributed by atoms with Crippen LogP contribution >= 0.6 is 0 Å². The molecule has 5 nitrogen and oxygen atoms in total. The highest BCUT2D eigenvalue weighted by Gasteiger charge is 2.08. The third-order valence-electron chi connectivity index (χ3n) is 4.62. The lowest BCUT2D eigenvalue weighted by Gasteiger charge is -2.10. The number of carbonyl (C=O) groups is 2. The van der Waals surface area contributed by atoms with Crippen molar-refractivity contribution in [3.8, 4) is 5.75 Å². The van der Waals surface area contributed by atoms with Crippen LogP contribution in [0.4, 0.5) is 0 Å². The van der Waals surface area contributed by atoms with Crippen molar-refractivity contribution in [3.05, 3.63) is 65.2 Å². The first-order valence-electron chi connectivity index (χ1n) is 9.70. The van der Waals surface area contributed by atoms with Gasteiger partial charge in [-0.3, -0.25) is 9.59 Å². The lowest BCUT2D eigenvalue weighted by Crippen LogP contribution is -2.24. The van der Waals surface area contributed by atoms with Crippen molar-refractivity contribution < 1.29 is 14.3 Å². The number of rotatable bonds is 10. The van der Waals surface area contributed by atoms with E-state index in [9.17, 15) is 9.59 Å². The van der Waals surface area contributed by atoms with E-state index in [1.54, 1.807) is 26.1 Å². The number of hydrogen-bond acceptors (Lipinski definition) is 3. The smallest absolute Gasteiger partial charge is 0.253 e. The van der Waals surface area contributed by atoms with Crippen molar-refractivity contribution in [2.75, 3.05) is 27.7 Å². The van der Waals surface area contributed by atoms with Crippen molar-refractivity contribution in [2.45, 2.75) is 32.1 Å². The van der Waals surface area contributed by atoms with Gasteiger partial charge in [0, 0.05) is 32.6 Å². The second-order valence-corrected chi connectivity index (χ2v) is 7.05. The van der Waals surface area contributed by atoms with E-state index in [0.717, 1.165) is 30.6 Å². The fourth-order valence-corrected chi connectivity index (χ4v) is 2.89. The molecule has 0 aliphatic rings. The van der Waals surface area contributed by atoms with Crippen LogP contribution in [0.25, 0.3) is 0 Å². The molecule has 2 aromatic rings. The average molecular weight is 383 g/mol. The molecule has 0 aromatic heterocycles. The van der Waals surface area contributed by atoms with E-state index in [1.807, 2.05) is 36.4 Å². The Morgan fingerprint density at radius 2 is 1.50 bits per heavy atom. The lowest BCUT2D eigenvalue weighted by molar-refractivity contribution is -0.121. The standard InChI is InChI=1S/C23H30N2O3/c1-25(2)23(27)20-12-7-19(8-13-20)11-16-22(26)24-17-5-4-6-18-9-14-21(28-3)15-10-18/h7-10,12-15H,4-6,11,16-17H2,1-3H3,(H,24,26). The zero-order valence-corrected chi connectivity index (χ0v) is 17.0. The molecule has 1 N–H and O–H groups in total. The zero-order valence-electron chi connectivity index (χ0n) is 17.0. The molecule has 2 rings (SSSR count). The van der Waals surface area contributed by atoms with Crippen LogP contribution in [0.3, 0.4) is 0 Å². The highest BCUT2D eigenvalue weighted by Crippen LogP contribution is 2.13. The van der Waals surface area contributed by atoms with Crippen LogP contribution in [0, 0.1) is 0 Å². The Hall–Kier alpha value is -2.82. The fourth-order valence-electron chi connectivity index (χ4n) is 2.89. The molecule has 0 fully saturated rings. The molecule has 0 spiro atoms. The summed E-state index contributed by atoms with van der Waals surface area (Å²) in [6.07, 6.45) is 4.12. The van der Waals surface area contributed by atoms with Gasteiger partial charge in [0.05, 0.1) is 7.11 Å². The molecule has 5 heteroatoms. The molecule has 0 saturated carbocycles. The van der Waals surface area contributed by atoms with E-state index in [4.69, 9.17) is 4.74 Å². The number of hydrogen-bond donors (Lipinski definition) is 1. The number of unbranched alkanes of at least 4 members (excludes halogenated alkanes) is 1. The Labute approximate surface area is 167 Å². The van der Waals surface area contributed by atoms with E-state index in [2.05, 4.69) is 17.4 Å². The van der Waals surface area contributed by atoms with Gasteiger partial charge in [0.25, 0.3) is 5.91 Å². The molecular weight excluding hydrogens is 352 g/mol. The van der Waals surface area contributed by atoms with Gasteiger partial charge in [-0.2, -0.15) is 0 Å². The molecule has 0 heterocycles. The highest BCUT2D eigenvalue weighted by atomic mass is 16.5. The van der Waals surface area contributed by atoms with E-state index in [0.29, 0.717) is 24.9 Å². The molecular formula is C23H30N2O3. The van der Waals surface area contributed by atoms with Crippen LogP contribution in [0.5, 0.6) is 5.75 Å². The molecule has 0 unspecified atom stereocenters. The predicted octanol–water partition coefficient (Wildman–Crippen LogP) is 3.47. The maximum atomic E-state index is 12.0. The van der Waals surface area contributed by atoms with E-state index in [-0.39, 0.29) is 11.8 Å². The molecule has 0 saturated heterocycles. The molecule has 2 amide bonds. The number of aryl methyl sites for hydroxylation is 2. The number of nitrogens with one attached hydrogen (secondary N) is 1. The molecule has 2 aromatic carbocycles. The summed E-state index contributed by atoms with van der Waals surface area (Å²) in [5.74, 6) is 0.923. The number of benzene rings is 2. The van der Waals surface area contributed by atoms with Gasteiger partial charge in [-0.1, -0.05) is 24.3 Å². The SMILES string of the molecule is COc1ccc(CCCCNC(=O)CCc2ccc(C(=O)N(C)C)cc2)cc1. The summed E-state index contributed by atoms with van der Waals surface area (Å²) in [5, 5.41) is 2.98. The quantitative estimate of drug-likeness (QED) is 0.640. The van der Waals surface area contributed by atoms with Gasteiger partial charge in [0.15, 0.2) is 0 Å². The van der Waals surface area contributed by atoms with Gasteiger partial charge in [0.2, 0.25) is 5.91 Å². The maximum absolute atomic E-state index is 12.0. The molecule has 28 heavy (non-hydrogen) atoms. The second kappa shape index (κ2) is 11.1. The topological polar surface area (TPSA) is 58.6 Å². The molecule has 0 aliphatic carbocycles. The third kappa shape index (κ3) is 7.06. The molecule has 150 valence electrons. The maximum Gasteiger partial charge on any atom is 0.253 e. The van der Waals surface area contributed by atoms with Crippen LogP contribution in [0.2, 0.25) is 0 Å². The van der Waals surface area contributed by atoms with Crippen LogP contribution in [0.15, 0.2) is 48.5 Å². The normalized spacial score (nSPS) is 10.4. The fraction of sp³-hybridized carbons (Fsp3) is 0.391. The Balaban J connectivity index is 1.61. The number of nitrogens with zero attached hydrogens (tertiary/aromatic N) is 1. The Bertz CT molecular complexity index is 752. The summed E-state index contributed by atoms with van der Waals surface area (Å²) < 4.78 is 5.15. The summed E-state index contributed by atoms with van der Waals surface area (Å²) in [5.41, 5.74) is 3.00. The summed E-state index contributed by atoms with van der Waals surface area (Å²) >= 11 is 0. The Morgan fingerprint density at radius 3 is 2.11 bits per heavy atom. The summed E-state index contributed by atoms with van der Waals surface area (Å²) in [6, 6.07) is 15.6. The molecule has 0 atom stereocenters. The van der Waals surface area contributed by atoms with Crippen LogP contribution in [-0.4, -0.2) is 44.5 Å². The average Bonchev–Trinajstić information content (AvgIpc) is 2.72. The monoisotopic (exact) mass is 382 g/mol. The van der Waals surface area contributed by atoms with Gasteiger partial charge < -0.3 is 15.0 Å². The van der Waals surface area contributed by atoms with E-state index < -0.39 is 0 Å². The van der Waals surface area contributed by atoms with Gasteiger partial charge in [0.1, 0.15) is 5.75 Å². The largest absolute Gasteiger partial charge is 0.497 e. The van der Waals surface area contributed by atoms with E-state index >= 15 is 0 Å². The van der Waals surface area contributed by atoms with Crippen LogP contribution in [0.1, 0.15) is 40.7 Å². The Morgan fingerprint density at radius 1 is 0.893 bits per heavy atom. The van der Waals surface area contributed by atoms with Crippen LogP contribution < -0.4 is 10.1 Å². The minimum atomic E-state index is -0.0149. The predicted molar refractivity (Wildman–Crippen MR) is 112 cm³/mol. The number of carbonyl (C=O) groups excluding carboxylic acids is 2. The highest BCUT2D eigenvalue weighted by molar-refractivity contribution is 5.93. The van der Waals surface area contributed by atoms with Gasteiger partial charge in [-0.25, -0.2) is 0 Å². The summed E-state index contributed by atoms with van der Waals surface area (Å²) in [4.78, 5) is 25.4. The van der Waals surface area contributed by atoms with Gasteiger partial charge in [-0.05, 0) is 61.1 Å². The van der Waals surface area contributed by atoms with Crippen LogP contribution in [-0.2, 0) is 17.6 Å². The number of methoxy groups -OCH3 is 1. The minimum Gasteiger partial charge on any atom is -0.497 e. The lowest BCUT2D eigenvalue weighted by atomic mass is 10.1. The molecule has 0 aliphatic heterocycles. The number of ether oxygens (including phenoxy) is 1. The number of amides is 2. The van der Waals surface area contributed by atoms with E-state index in [1.165, 1.54) is 5.56 Å². The van der Waals surface area contributed by atoms with Crippen molar-refractivity contribution in [2.24, 2.45) is 0 Å². The second-order valence-electron chi connectivity index (χ2n) is 7.05. The summed E-state index contributed by atoms with van der Waals surface area (Å²) in [6.45, 7) is 0.700. The third-order valence-corrected chi connectivity index (χ3v) is 4.62. The van der Waals surface area contributed by atoms with Gasteiger partial charge >= 0.3 is 0 Å². The first kappa shape index (κ1) is 21.5. The first-order valence-corrected chi connectivity index (χ1v) is 9.70. The molecule has 0 radical (unpaired) electrons.